The Morgan fingerprint density at radius 3 is 2.81 bits per heavy atom. The molecule has 3 rings (SSSR count). The molecule has 0 fully saturated rings. The van der Waals surface area contributed by atoms with Crippen LogP contribution in [0.2, 0.25) is 0 Å². The van der Waals surface area contributed by atoms with Crippen molar-refractivity contribution in [3.8, 4) is 0 Å². The third-order valence-electron chi connectivity index (χ3n) is 4.39. The van der Waals surface area contributed by atoms with Gasteiger partial charge in [-0.1, -0.05) is 17.8 Å². The zero-order valence-corrected chi connectivity index (χ0v) is 15.6. The Bertz CT molecular complexity index is 870. The molecule has 0 bridgehead atoms. The summed E-state index contributed by atoms with van der Waals surface area (Å²) in [5, 5.41) is 14.3. The van der Waals surface area contributed by atoms with Crippen molar-refractivity contribution in [2.24, 2.45) is 0 Å². The normalized spacial score (nSPS) is 13.2. The van der Waals surface area contributed by atoms with Crippen LogP contribution in [0.3, 0.4) is 0 Å². The lowest BCUT2D eigenvalue weighted by atomic mass is 9.95. The van der Waals surface area contributed by atoms with Crippen LogP contribution in [0.15, 0.2) is 23.4 Å². The minimum absolute atomic E-state index is 0.0101. The topological polar surface area (TPSA) is 98.0 Å². The Morgan fingerprint density at radius 2 is 2.04 bits per heavy atom. The molecule has 1 N–H and O–H groups in total. The number of nitrogens with zero attached hydrogens (tertiary/aromatic N) is 3. The molecule has 0 saturated heterocycles. The van der Waals surface area contributed by atoms with Crippen molar-refractivity contribution >= 4 is 29.0 Å². The summed E-state index contributed by atoms with van der Waals surface area (Å²) in [7, 11) is 0. The van der Waals surface area contributed by atoms with Crippen LogP contribution in [0.5, 0.6) is 0 Å². The highest BCUT2D eigenvalue weighted by Crippen LogP contribution is 2.25. The van der Waals surface area contributed by atoms with Crippen molar-refractivity contribution in [2.75, 3.05) is 11.1 Å². The number of thioether (sulfide) groups is 1. The minimum Gasteiger partial charge on any atom is -0.325 e. The van der Waals surface area contributed by atoms with Gasteiger partial charge in [-0.25, -0.2) is 9.97 Å². The molecule has 8 heteroatoms. The van der Waals surface area contributed by atoms with E-state index in [0.717, 1.165) is 30.7 Å². The van der Waals surface area contributed by atoms with E-state index in [0.29, 0.717) is 16.4 Å². The van der Waals surface area contributed by atoms with Crippen molar-refractivity contribution in [1.82, 2.24) is 9.97 Å². The first-order valence-corrected chi connectivity index (χ1v) is 9.46. The molecule has 7 nitrogen and oxygen atoms in total. The molecule has 0 unspecified atom stereocenters. The molecule has 2 aromatic rings. The molecule has 1 aliphatic carbocycles. The first-order chi connectivity index (χ1) is 12.4. The Morgan fingerprint density at radius 1 is 1.27 bits per heavy atom. The van der Waals surface area contributed by atoms with Gasteiger partial charge in [-0.15, -0.1) is 0 Å². The molecule has 0 spiro atoms. The fourth-order valence-corrected chi connectivity index (χ4v) is 3.74. The Labute approximate surface area is 155 Å². The van der Waals surface area contributed by atoms with Gasteiger partial charge in [0, 0.05) is 28.7 Å². The summed E-state index contributed by atoms with van der Waals surface area (Å²) in [5.41, 5.74) is 4.30. The van der Waals surface area contributed by atoms with Crippen LogP contribution in [-0.2, 0) is 17.6 Å². The van der Waals surface area contributed by atoms with E-state index in [1.165, 1.54) is 29.8 Å². The van der Waals surface area contributed by atoms with Crippen LogP contribution in [0.25, 0.3) is 0 Å². The second-order valence-corrected chi connectivity index (χ2v) is 7.26. The summed E-state index contributed by atoms with van der Waals surface area (Å²) in [6, 6.07) is 4.65. The molecule has 1 aromatic carbocycles. The SMILES string of the molecule is Cc1ccc(NC(=O)CSc2nc(C)c3c(n2)CCCC3)cc1[N+](=O)[O-]. The van der Waals surface area contributed by atoms with Gasteiger partial charge < -0.3 is 5.32 Å². The van der Waals surface area contributed by atoms with Crippen LogP contribution in [-0.4, -0.2) is 26.6 Å². The van der Waals surface area contributed by atoms with E-state index in [-0.39, 0.29) is 17.3 Å². The number of nitro groups is 1. The number of nitro benzene ring substituents is 1. The van der Waals surface area contributed by atoms with Gasteiger partial charge in [-0.05, 0) is 51.2 Å². The lowest BCUT2D eigenvalue weighted by Gasteiger charge is -2.17. The number of fused-ring (bicyclic) bond motifs is 1. The Balaban J connectivity index is 1.64. The maximum atomic E-state index is 12.2. The van der Waals surface area contributed by atoms with Gasteiger partial charge >= 0.3 is 0 Å². The number of rotatable bonds is 5. The average Bonchev–Trinajstić information content (AvgIpc) is 2.61. The monoisotopic (exact) mass is 372 g/mol. The number of hydrogen-bond donors (Lipinski definition) is 1. The predicted molar refractivity (Wildman–Crippen MR) is 101 cm³/mol. The zero-order valence-electron chi connectivity index (χ0n) is 14.7. The standard InChI is InChI=1S/C18H20N4O3S/c1-11-7-8-13(9-16(11)22(24)25)20-17(23)10-26-18-19-12(2)14-5-3-4-6-15(14)21-18/h7-9H,3-6,10H2,1-2H3,(H,20,23). The van der Waals surface area contributed by atoms with Crippen LogP contribution < -0.4 is 5.32 Å². The number of aromatic nitrogens is 2. The fourth-order valence-electron chi connectivity index (χ4n) is 3.03. The van der Waals surface area contributed by atoms with Crippen LogP contribution in [0.1, 0.15) is 35.4 Å². The molecular weight excluding hydrogens is 352 g/mol. The predicted octanol–water partition coefficient (Wildman–Crippen LogP) is 3.61. The van der Waals surface area contributed by atoms with E-state index in [1.54, 1.807) is 19.1 Å². The van der Waals surface area contributed by atoms with Crippen molar-refractivity contribution in [3.63, 3.8) is 0 Å². The van der Waals surface area contributed by atoms with E-state index in [4.69, 9.17) is 0 Å². The first-order valence-electron chi connectivity index (χ1n) is 8.48. The van der Waals surface area contributed by atoms with Crippen LogP contribution in [0.4, 0.5) is 11.4 Å². The summed E-state index contributed by atoms with van der Waals surface area (Å²) in [4.78, 5) is 31.8. The number of carbonyl (C=O) groups is 1. The van der Waals surface area contributed by atoms with E-state index in [9.17, 15) is 14.9 Å². The number of carbonyl (C=O) groups excluding carboxylic acids is 1. The molecule has 1 amide bonds. The molecular formula is C18H20N4O3S. The lowest BCUT2D eigenvalue weighted by molar-refractivity contribution is -0.385. The van der Waals surface area contributed by atoms with Gasteiger partial charge in [0.05, 0.1) is 10.7 Å². The molecule has 0 radical (unpaired) electrons. The van der Waals surface area contributed by atoms with Gasteiger partial charge in [0.1, 0.15) is 0 Å². The fraction of sp³-hybridized carbons (Fsp3) is 0.389. The smallest absolute Gasteiger partial charge is 0.274 e. The third-order valence-corrected chi connectivity index (χ3v) is 5.24. The van der Waals surface area contributed by atoms with Crippen molar-refractivity contribution in [1.29, 1.82) is 0 Å². The zero-order chi connectivity index (χ0) is 18.7. The summed E-state index contributed by atoms with van der Waals surface area (Å²) >= 11 is 1.28. The van der Waals surface area contributed by atoms with Gasteiger partial charge in [0.2, 0.25) is 5.91 Å². The number of nitrogens with one attached hydrogen (secondary N) is 1. The average molecular weight is 372 g/mol. The van der Waals surface area contributed by atoms with E-state index < -0.39 is 4.92 Å². The molecule has 1 aromatic heterocycles. The molecule has 1 heterocycles. The molecule has 0 saturated carbocycles. The summed E-state index contributed by atoms with van der Waals surface area (Å²) in [5.74, 6) is -0.0907. The van der Waals surface area contributed by atoms with Gasteiger partial charge in [0.15, 0.2) is 5.16 Å². The molecule has 1 aliphatic rings. The second kappa shape index (κ2) is 7.82. The Kier molecular flexibility index (Phi) is 5.51. The van der Waals surface area contributed by atoms with Crippen LogP contribution in [0, 0.1) is 24.0 Å². The quantitative estimate of drug-likeness (QED) is 0.373. The molecule has 0 atom stereocenters. The van der Waals surface area contributed by atoms with Gasteiger partial charge in [-0.2, -0.15) is 0 Å². The number of benzene rings is 1. The third kappa shape index (κ3) is 4.19. The molecule has 26 heavy (non-hydrogen) atoms. The van der Waals surface area contributed by atoms with Crippen LogP contribution >= 0.6 is 11.8 Å². The highest BCUT2D eigenvalue weighted by molar-refractivity contribution is 7.99. The number of aryl methyl sites for hydroxylation is 3. The van der Waals surface area contributed by atoms with Crippen molar-refractivity contribution in [2.45, 2.75) is 44.7 Å². The number of amides is 1. The summed E-state index contributed by atoms with van der Waals surface area (Å²) in [6.45, 7) is 3.65. The van der Waals surface area contributed by atoms with Crippen molar-refractivity contribution < 1.29 is 9.72 Å². The number of hydrogen-bond acceptors (Lipinski definition) is 6. The minimum atomic E-state index is -0.455. The maximum absolute atomic E-state index is 12.2. The molecule has 0 aliphatic heterocycles. The number of anilines is 1. The highest BCUT2D eigenvalue weighted by Gasteiger charge is 2.17. The highest BCUT2D eigenvalue weighted by atomic mass is 32.2. The van der Waals surface area contributed by atoms with E-state index in [1.807, 2.05) is 6.92 Å². The summed E-state index contributed by atoms with van der Waals surface area (Å²) in [6.07, 6.45) is 4.30. The van der Waals surface area contributed by atoms with Crippen molar-refractivity contribution in [3.05, 3.63) is 50.8 Å². The van der Waals surface area contributed by atoms with E-state index in [2.05, 4.69) is 15.3 Å². The molecule has 136 valence electrons. The second-order valence-electron chi connectivity index (χ2n) is 6.32. The van der Waals surface area contributed by atoms with Gasteiger partial charge in [-0.3, -0.25) is 14.9 Å². The summed E-state index contributed by atoms with van der Waals surface area (Å²) < 4.78 is 0. The van der Waals surface area contributed by atoms with E-state index >= 15 is 0 Å². The first kappa shape index (κ1) is 18.3. The Hall–Kier alpha value is -2.48. The van der Waals surface area contributed by atoms with Gasteiger partial charge in [0.25, 0.3) is 5.69 Å². The largest absolute Gasteiger partial charge is 0.325 e. The lowest BCUT2D eigenvalue weighted by Crippen LogP contribution is -2.15. The maximum Gasteiger partial charge on any atom is 0.274 e.